The lowest BCUT2D eigenvalue weighted by Gasteiger charge is -2.22. The first-order chi connectivity index (χ1) is 9.56. The Morgan fingerprint density at radius 1 is 1.35 bits per heavy atom. The molecule has 3 heteroatoms. The fourth-order valence-corrected chi connectivity index (χ4v) is 3.09. The first-order valence-electron chi connectivity index (χ1n) is 7.76. The summed E-state index contributed by atoms with van der Waals surface area (Å²) in [6, 6.07) is 5.26. The summed E-state index contributed by atoms with van der Waals surface area (Å²) in [6.07, 6.45) is 6.41. The fraction of sp³-hybridized carbons (Fsp3) is 0.647. The van der Waals surface area contributed by atoms with E-state index in [-0.39, 0.29) is 11.9 Å². The molecule has 2 rings (SSSR count). The van der Waals surface area contributed by atoms with Gasteiger partial charge in [0.25, 0.3) is 0 Å². The minimum absolute atomic E-state index is 0.0730. The van der Waals surface area contributed by atoms with Gasteiger partial charge in [0.1, 0.15) is 5.82 Å². The van der Waals surface area contributed by atoms with Gasteiger partial charge in [-0.1, -0.05) is 25.0 Å². The summed E-state index contributed by atoms with van der Waals surface area (Å²) in [5, 5.41) is 0. The number of aryl methyl sites for hydroxylation is 1. The second kappa shape index (κ2) is 7.19. The molecule has 0 aliphatic heterocycles. The standard InChI is InChI=1S/C17H27FN2/c1-13-7-8-15(11-16(13)18)17(19)9-10-20(2)12-14-5-3-4-6-14/h7-8,11,14,17H,3-6,9-10,12,19H2,1-2H3. The Kier molecular flexibility index (Phi) is 5.55. The molecule has 0 heterocycles. The number of rotatable bonds is 6. The lowest BCUT2D eigenvalue weighted by molar-refractivity contribution is 0.268. The van der Waals surface area contributed by atoms with Crippen molar-refractivity contribution < 1.29 is 4.39 Å². The summed E-state index contributed by atoms with van der Waals surface area (Å²) in [5.74, 6) is 0.713. The van der Waals surface area contributed by atoms with Gasteiger partial charge in [-0.05, 0) is 62.9 Å². The van der Waals surface area contributed by atoms with Crippen molar-refractivity contribution in [3.05, 3.63) is 35.1 Å². The molecule has 1 saturated carbocycles. The zero-order chi connectivity index (χ0) is 14.5. The zero-order valence-corrected chi connectivity index (χ0v) is 12.7. The van der Waals surface area contributed by atoms with Gasteiger partial charge in [0.15, 0.2) is 0 Å². The van der Waals surface area contributed by atoms with Gasteiger partial charge >= 0.3 is 0 Å². The molecule has 2 N–H and O–H groups in total. The van der Waals surface area contributed by atoms with Crippen LogP contribution < -0.4 is 5.73 Å². The van der Waals surface area contributed by atoms with Crippen molar-refractivity contribution in [3.8, 4) is 0 Å². The number of hydrogen-bond donors (Lipinski definition) is 1. The Morgan fingerprint density at radius 3 is 2.70 bits per heavy atom. The highest BCUT2D eigenvalue weighted by Crippen LogP contribution is 2.25. The molecular weight excluding hydrogens is 251 g/mol. The minimum Gasteiger partial charge on any atom is -0.324 e. The van der Waals surface area contributed by atoms with Crippen LogP contribution in [0, 0.1) is 18.7 Å². The summed E-state index contributed by atoms with van der Waals surface area (Å²) in [5.41, 5.74) is 7.76. The summed E-state index contributed by atoms with van der Waals surface area (Å²) < 4.78 is 13.5. The van der Waals surface area contributed by atoms with Gasteiger partial charge in [0, 0.05) is 12.6 Å². The number of benzene rings is 1. The summed E-state index contributed by atoms with van der Waals surface area (Å²) in [4.78, 5) is 2.38. The Morgan fingerprint density at radius 2 is 2.05 bits per heavy atom. The highest BCUT2D eigenvalue weighted by molar-refractivity contribution is 5.25. The van der Waals surface area contributed by atoms with E-state index in [9.17, 15) is 4.39 Å². The predicted octanol–water partition coefficient (Wildman–Crippen LogP) is 3.65. The molecule has 112 valence electrons. The maximum absolute atomic E-state index is 13.5. The molecule has 1 aliphatic rings. The Hall–Kier alpha value is -0.930. The van der Waals surface area contributed by atoms with E-state index in [0.717, 1.165) is 24.4 Å². The highest BCUT2D eigenvalue weighted by Gasteiger charge is 2.17. The van der Waals surface area contributed by atoms with Crippen LogP contribution in [0.5, 0.6) is 0 Å². The van der Waals surface area contributed by atoms with E-state index in [1.807, 2.05) is 12.1 Å². The summed E-state index contributed by atoms with van der Waals surface area (Å²) >= 11 is 0. The van der Waals surface area contributed by atoms with E-state index in [4.69, 9.17) is 5.73 Å². The van der Waals surface area contributed by atoms with Crippen LogP contribution >= 0.6 is 0 Å². The fourth-order valence-electron chi connectivity index (χ4n) is 3.09. The van der Waals surface area contributed by atoms with Crippen LogP contribution in [-0.4, -0.2) is 25.0 Å². The van der Waals surface area contributed by atoms with E-state index >= 15 is 0 Å². The van der Waals surface area contributed by atoms with Crippen LogP contribution in [-0.2, 0) is 0 Å². The van der Waals surface area contributed by atoms with Crippen LogP contribution in [0.2, 0.25) is 0 Å². The van der Waals surface area contributed by atoms with Gasteiger partial charge in [0.05, 0.1) is 0 Å². The quantitative estimate of drug-likeness (QED) is 0.860. The van der Waals surface area contributed by atoms with Gasteiger partial charge in [-0.15, -0.1) is 0 Å². The largest absolute Gasteiger partial charge is 0.324 e. The number of halogens is 1. The molecule has 0 amide bonds. The van der Waals surface area contributed by atoms with Crippen LogP contribution in [0.3, 0.4) is 0 Å². The Balaban J connectivity index is 1.78. The molecule has 1 aliphatic carbocycles. The van der Waals surface area contributed by atoms with Crippen molar-refractivity contribution in [2.24, 2.45) is 11.7 Å². The van der Waals surface area contributed by atoms with Crippen molar-refractivity contribution >= 4 is 0 Å². The van der Waals surface area contributed by atoms with Gasteiger partial charge in [0.2, 0.25) is 0 Å². The van der Waals surface area contributed by atoms with Crippen molar-refractivity contribution in [1.29, 1.82) is 0 Å². The zero-order valence-electron chi connectivity index (χ0n) is 12.7. The highest BCUT2D eigenvalue weighted by atomic mass is 19.1. The molecule has 1 unspecified atom stereocenters. The van der Waals surface area contributed by atoms with Crippen LogP contribution in [0.4, 0.5) is 4.39 Å². The van der Waals surface area contributed by atoms with Crippen molar-refractivity contribution in [2.45, 2.75) is 45.1 Å². The Bertz CT molecular complexity index is 427. The number of hydrogen-bond acceptors (Lipinski definition) is 2. The third-order valence-electron chi connectivity index (χ3n) is 4.49. The average molecular weight is 278 g/mol. The Labute approximate surface area is 122 Å². The van der Waals surface area contributed by atoms with E-state index in [1.165, 1.54) is 32.2 Å². The normalized spacial score (nSPS) is 17.9. The number of nitrogens with two attached hydrogens (primary N) is 1. The minimum atomic E-state index is -0.155. The topological polar surface area (TPSA) is 29.3 Å². The average Bonchev–Trinajstić information content (AvgIpc) is 2.92. The summed E-state index contributed by atoms with van der Waals surface area (Å²) in [7, 11) is 2.17. The third-order valence-corrected chi connectivity index (χ3v) is 4.49. The van der Waals surface area contributed by atoms with Crippen LogP contribution in [0.25, 0.3) is 0 Å². The molecule has 0 aromatic heterocycles. The van der Waals surface area contributed by atoms with Gasteiger partial charge < -0.3 is 10.6 Å². The maximum atomic E-state index is 13.5. The monoisotopic (exact) mass is 278 g/mol. The van der Waals surface area contributed by atoms with Gasteiger partial charge in [-0.3, -0.25) is 0 Å². The second-order valence-electron chi connectivity index (χ2n) is 6.32. The molecule has 0 spiro atoms. The van der Waals surface area contributed by atoms with Gasteiger partial charge in [-0.2, -0.15) is 0 Å². The molecular formula is C17H27FN2. The second-order valence-corrected chi connectivity index (χ2v) is 6.32. The SMILES string of the molecule is Cc1ccc(C(N)CCN(C)CC2CCCC2)cc1F. The van der Waals surface area contributed by atoms with E-state index in [1.54, 1.807) is 13.0 Å². The van der Waals surface area contributed by atoms with E-state index in [0.29, 0.717) is 5.56 Å². The van der Waals surface area contributed by atoms with Crippen LogP contribution in [0.1, 0.15) is 49.3 Å². The molecule has 0 saturated heterocycles. The molecule has 1 atom stereocenters. The first kappa shape index (κ1) is 15.5. The molecule has 1 fully saturated rings. The van der Waals surface area contributed by atoms with Gasteiger partial charge in [-0.25, -0.2) is 4.39 Å². The molecule has 1 aromatic carbocycles. The van der Waals surface area contributed by atoms with Crippen molar-refractivity contribution in [3.63, 3.8) is 0 Å². The predicted molar refractivity (Wildman–Crippen MR) is 82.1 cm³/mol. The lowest BCUT2D eigenvalue weighted by Crippen LogP contribution is -2.28. The van der Waals surface area contributed by atoms with Crippen molar-refractivity contribution in [1.82, 2.24) is 4.90 Å². The summed E-state index contributed by atoms with van der Waals surface area (Å²) in [6.45, 7) is 3.93. The molecule has 1 aromatic rings. The third kappa shape index (κ3) is 4.29. The van der Waals surface area contributed by atoms with Crippen molar-refractivity contribution in [2.75, 3.05) is 20.1 Å². The van der Waals surface area contributed by atoms with E-state index < -0.39 is 0 Å². The molecule has 0 bridgehead atoms. The first-order valence-corrected chi connectivity index (χ1v) is 7.76. The smallest absolute Gasteiger partial charge is 0.126 e. The maximum Gasteiger partial charge on any atom is 0.126 e. The molecule has 0 radical (unpaired) electrons. The number of nitrogens with zero attached hydrogens (tertiary/aromatic N) is 1. The molecule has 20 heavy (non-hydrogen) atoms. The molecule has 2 nitrogen and oxygen atoms in total. The van der Waals surface area contributed by atoms with Crippen LogP contribution in [0.15, 0.2) is 18.2 Å². The lowest BCUT2D eigenvalue weighted by atomic mass is 10.0. The van der Waals surface area contributed by atoms with E-state index in [2.05, 4.69) is 11.9 Å².